The van der Waals surface area contributed by atoms with Crippen molar-refractivity contribution in [1.29, 1.82) is 0 Å². The van der Waals surface area contributed by atoms with Crippen LogP contribution in [-0.2, 0) is 10.0 Å². The molecule has 0 radical (unpaired) electrons. The molecule has 1 unspecified atom stereocenters. The molecule has 2 heterocycles. The molecule has 1 fully saturated rings. The van der Waals surface area contributed by atoms with Gasteiger partial charge >= 0.3 is 0 Å². The summed E-state index contributed by atoms with van der Waals surface area (Å²) in [6, 6.07) is 11.7. The molecule has 1 aromatic heterocycles. The number of aromatic nitrogens is 3. The van der Waals surface area contributed by atoms with Crippen molar-refractivity contribution in [3.63, 3.8) is 0 Å². The first kappa shape index (κ1) is 22.1. The third kappa shape index (κ3) is 4.56. The van der Waals surface area contributed by atoms with Crippen molar-refractivity contribution < 1.29 is 17.6 Å². The predicted molar refractivity (Wildman–Crippen MR) is 118 cm³/mol. The highest BCUT2D eigenvalue weighted by molar-refractivity contribution is 7.89. The fraction of sp³-hybridized carbons (Fsp3) is 0.318. The van der Waals surface area contributed by atoms with Gasteiger partial charge in [-0.25, -0.2) is 22.5 Å². The molecule has 8 nitrogen and oxygen atoms in total. The van der Waals surface area contributed by atoms with Gasteiger partial charge in [-0.1, -0.05) is 6.92 Å². The molecule has 1 saturated heterocycles. The quantitative estimate of drug-likeness (QED) is 0.633. The molecule has 0 saturated carbocycles. The number of sulfonamides is 1. The summed E-state index contributed by atoms with van der Waals surface area (Å²) in [5, 5.41) is 6.88. The number of nitrogens with zero attached hydrogens (tertiary/aromatic N) is 4. The summed E-state index contributed by atoms with van der Waals surface area (Å²) in [4.78, 5) is 17.0. The number of carbonyl (C=O) groups is 1. The Hall–Kier alpha value is -3.11. The van der Waals surface area contributed by atoms with Gasteiger partial charge in [0.2, 0.25) is 15.8 Å². The summed E-state index contributed by atoms with van der Waals surface area (Å²) < 4.78 is 41.9. The second-order valence-electron chi connectivity index (χ2n) is 7.96. The first-order valence-corrected chi connectivity index (χ1v) is 11.8. The molecule has 0 aliphatic carbocycles. The standard InChI is InChI=1S/C22H24FN5O3S/c1-15-4-3-13-27(14-15)32(30,31)20-11-7-18(8-12-20)25-22(29)21-24-16(2)28(26-21)19-9-5-17(23)6-10-19/h5-12,15H,3-4,13-14H2,1-2H3,(H,25,29). The number of nitrogens with one attached hydrogen (secondary N) is 1. The lowest BCUT2D eigenvalue weighted by molar-refractivity contribution is 0.101. The minimum atomic E-state index is -3.56. The van der Waals surface area contributed by atoms with E-state index in [2.05, 4.69) is 15.4 Å². The highest BCUT2D eigenvalue weighted by atomic mass is 32.2. The normalized spacial score (nSPS) is 17.3. The average molecular weight is 458 g/mol. The highest BCUT2D eigenvalue weighted by Crippen LogP contribution is 2.24. The minimum absolute atomic E-state index is 0.0502. The summed E-state index contributed by atoms with van der Waals surface area (Å²) in [6.45, 7) is 4.77. The van der Waals surface area contributed by atoms with Crippen LogP contribution in [0.25, 0.3) is 5.69 Å². The van der Waals surface area contributed by atoms with Gasteiger partial charge in [-0.3, -0.25) is 4.79 Å². The molecule has 0 bridgehead atoms. The number of amides is 1. The predicted octanol–water partition coefficient (Wildman–Crippen LogP) is 3.39. The van der Waals surface area contributed by atoms with Crippen LogP contribution in [0.15, 0.2) is 53.4 Å². The van der Waals surface area contributed by atoms with E-state index in [0.717, 1.165) is 12.8 Å². The molecule has 4 rings (SSSR count). The van der Waals surface area contributed by atoms with Gasteiger partial charge in [-0.05, 0) is 74.2 Å². The SMILES string of the molecule is Cc1nc(C(=O)Nc2ccc(S(=O)(=O)N3CCCC(C)C3)cc2)nn1-c1ccc(F)cc1. The second kappa shape index (κ2) is 8.79. The fourth-order valence-electron chi connectivity index (χ4n) is 3.72. The van der Waals surface area contributed by atoms with Crippen molar-refractivity contribution in [2.45, 2.75) is 31.6 Å². The lowest BCUT2D eigenvalue weighted by Gasteiger charge is -2.30. The monoisotopic (exact) mass is 457 g/mol. The van der Waals surface area contributed by atoms with Crippen molar-refractivity contribution in [1.82, 2.24) is 19.1 Å². The van der Waals surface area contributed by atoms with Crippen LogP contribution in [0, 0.1) is 18.7 Å². The smallest absolute Gasteiger partial charge is 0.295 e. The molecule has 1 amide bonds. The van der Waals surface area contributed by atoms with Crippen molar-refractivity contribution in [3.05, 3.63) is 66.0 Å². The Morgan fingerprint density at radius 3 is 2.47 bits per heavy atom. The summed E-state index contributed by atoms with van der Waals surface area (Å²) in [6.07, 6.45) is 1.88. The first-order chi connectivity index (χ1) is 15.2. The molecule has 3 aromatic rings. The molecular weight excluding hydrogens is 433 g/mol. The average Bonchev–Trinajstić information content (AvgIpc) is 3.16. The van der Waals surface area contributed by atoms with Gasteiger partial charge in [0.1, 0.15) is 11.6 Å². The van der Waals surface area contributed by atoms with Gasteiger partial charge in [0.15, 0.2) is 0 Å². The number of benzene rings is 2. The van der Waals surface area contributed by atoms with E-state index in [4.69, 9.17) is 0 Å². The topological polar surface area (TPSA) is 97.2 Å². The third-order valence-electron chi connectivity index (χ3n) is 5.41. The molecule has 1 aliphatic rings. The lowest BCUT2D eigenvalue weighted by Crippen LogP contribution is -2.39. The van der Waals surface area contributed by atoms with Crippen LogP contribution in [0.3, 0.4) is 0 Å². The molecule has 0 spiro atoms. The van der Waals surface area contributed by atoms with Gasteiger partial charge < -0.3 is 5.32 Å². The van der Waals surface area contributed by atoms with Gasteiger partial charge in [0.25, 0.3) is 5.91 Å². The largest absolute Gasteiger partial charge is 0.319 e. The molecule has 1 atom stereocenters. The third-order valence-corrected chi connectivity index (χ3v) is 7.29. The molecule has 2 aromatic carbocycles. The van der Waals surface area contributed by atoms with Crippen LogP contribution >= 0.6 is 0 Å². The van der Waals surface area contributed by atoms with Gasteiger partial charge in [-0.15, -0.1) is 5.10 Å². The van der Waals surface area contributed by atoms with Crippen LogP contribution in [0.4, 0.5) is 10.1 Å². The Morgan fingerprint density at radius 1 is 1.12 bits per heavy atom. The minimum Gasteiger partial charge on any atom is -0.319 e. The van der Waals surface area contributed by atoms with E-state index < -0.39 is 15.9 Å². The van der Waals surface area contributed by atoms with E-state index in [1.54, 1.807) is 31.2 Å². The highest BCUT2D eigenvalue weighted by Gasteiger charge is 2.28. The summed E-state index contributed by atoms with van der Waals surface area (Å²) in [7, 11) is -3.56. The van der Waals surface area contributed by atoms with Crippen molar-refractivity contribution in [2.24, 2.45) is 5.92 Å². The number of piperidine rings is 1. The van der Waals surface area contributed by atoms with E-state index in [1.807, 2.05) is 6.92 Å². The van der Waals surface area contributed by atoms with Crippen molar-refractivity contribution in [2.75, 3.05) is 18.4 Å². The van der Waals surface area contributed by atoms with E-state index in [0.29, 0.717) is 36.2 Å². The Balaban J connectivity index is 1.47. The summed E-state index contributed by atoms with van der Waals surface area (Å²) in [5.41, 5.74) is 1.01. The maximum absolute atomic E-state index is 13.2. The number of aryl methyl sites for hydroxylation is 1. The fourth-order valence-corrected chi connectivity index (χ4v) is 5.32. The maximum atomic E-state index is 13.2. The second-order valence-corrected chi connectivity index (χ2v) is 9.90. The Kier molecular flexibility index (Phi) is 6.07. The zero-order valence-corrected chi connectivity index (χ0v) is 18.6. The number of halogens is 1. The Morgan fingerprint density at radius 2 is 1.81 bits per heavy atom. The number of carbonyl (C=O) groups excluding carboxylic acids is 1. The van der Waals surface area contributed by atoms with Gasteiger partial charge in [-0.2, -0.15) is 4.31 Å². The molecule has 168 valence electrons. The molecular formula is C22H24FN5O3S. The molecule has 1 aliphatic heterocycles. The van der Waals surface area contributed by atoms with Crippen molar-refractivity contribution >= 4 is 21.6 Å². The van der Waals surface area contributed by atoms with Crippen LogP contribution in [0.1, 0.15) is 36.2 Å². The zero-order chi connectivity index (χ0) is 22.9. The van der Waals surface area contributed by atoms with E-state index in [-0.39, 0.29) is 16.5 Å². The zero-order valence-electron chi connectivity index (χ0n) is 17.8. The lowest BCUT2D eigenvalue weighted by atomic mass is 10.0. The van der Waals surface area contributed by atoms with Crippen LogP contribution in [0.5, 0.6) is 0 Å². The number of anilines is 1. The van der Waals surface area contributed by atoms with E-state index >= 15 is 0 Å². The van der Waals surface area contributed by atoms with Crippen LogP contribution in [-0.4, -0.2) is 46.5 Å². The van der Waals surface area contributed by atoms with E-state index in [1.165, 1.54) is 33.3 Å². The van der Waals surface area contributed by atoms with Crippen LogP contribution < -0.4 is 5.32 Å². The van der Waals surface area contributed by atoms with Crippen LogP contribution in [0.2, 0.25) is 0 Å². The number of hydrogen-bond donors (Lipinski definition) is 1. The Bertz CT molecular complexity index is 1220. The van der Waals surface area contributed by atoms with Gasteiger partial charge in [0.05, 0.1) is 10.6 Å². The Labute approximate surface area is 186 Å². The maximum Gasteiger partial charge on any atom is 0.295 e. The summed E-state index contributed by atoms with van der Waals surface area (Å²) >= 11 is 0. The number of hydrogen-bond acceptors (Lipinski definition) is 5. The van der Waals surface area contributed by atoms with E-state index in [9.17, 15) is 17.6 Å². The number of rotatable bonds is 5. The van der Waals surface area contributed by atoms with Crippen molar-refractivity contribution in [3.8, 4) is 5.69 Å². The molecule has 10 heteroatoms. The first-order valence-electron chi connectivity index (χ1n) is 10.4. The molecule has 1 N–H and O–H groups in total. The van der Waals surface area contributed by atoms with Gasteiger partial charge in [0, 0.05) is 18.8 Å². The summed E-state index contributed by atoms with van der Waals surface area (Å²) in [5.74, 6) is -0.147. The molecule has 32 heavy (non-hydrogen) atoms.